The summed E-state index contributed by atoms with van der Waals surface area (Å²) >= 11 is 3.60. The molecule has 16 heavy (non-hydrogen) atoms. The summed E-state index contributed by atoms with van der Waals surface area (Å²) in [7, 11) is 1.70. The summed E-state index contributed by atoms with van der Waals surface area (Å²) < 4.78 is 6.42. The summed E-state index contributed by atoms with van der Waals surface area (Å²) in [6, 6.07) is 6.14. The molecule has 0 atom stereocenters. The minimum Gasteiger partial charge on any atom is -0.497 e. The summed E-state index contributed by atoms with van der Waals surface area (Å²) in [4.78, 5) is 0. The number of rotatable bonds is 4. The summed E-state index contributed by atoms with van der Waals surface area (Å²) in [5, 5.41) is 0. The molecule has 1 saturated carbocycles. The molecule has 0 amide bonds. The Morgan fingerprint density at radius 1 is 1.44 bits per heavy atom. The van der Waals surface area contributed by atoms with Gasteiger partial charge in [0, 0.05) is 4.47 Å². The van der Waals surface area contributed by atoms with Crippen LogP contribution in [0.25, 0.3) is 0 Å². The zero-order valence-corrected chi connectivity index (χ0v) is 11.2. The van der Waals surface area contributed by atoms with Crippen LogP contribution in [-0.4, -0.2) is 13.7 Å². The number of nitrogens with two attached hydrogens (primary N) is 1. The van der Waals surface area contributed by atoms with Gasteiger partial charge in [-0.1, -0.05) is 22.4 Å². The van der Waals surface area contributed by atoms with E-state index >= 15 is 0 Å². The van der Waals surface area contributed by atoms with Crippen LogP contribution < -0.4 is 10.5 Å². The zero-order valence-electron chi connectivity index (χ0n) is 9.63. The van der Waals surface area contributed by atoms with Gasteiger partial charge in [0.15, 0.2) is 0 Å². The number of benzene rings is 1. The molecule has 0 unspecified atom stereocenters. The fraction of sp³-hybridized carbons (Fsp3) is 0.538. The van der Waals surface area contributed by atoms with Gasteiger partial charge in [-0.25, -0.2) is 0 Å². The van der Waals surface area contributed by atoms with Gasteiger partial charge in [-0.15, -0.1) is 0 Å². The minimum absolute atomic E-state index is 0.342. The van der Waals surface area contributed by atoms with Crippen LogP contribution in [0.15, 0.2) is 22.7 Å². The first-order chi connectivity index (χ1) is 7.69. The van der Waals surface area contributed by atoms with Crippen molar-refractivity contribution in [1.29, 1.82) is 0 Å². The van der Waals surface area contributed by atoms with E-state index in [4.69, 9.17) is 10.5 Å². The van der Waals surface area contributed by atoms with Crippen molar-refractivity contribution in [2.24, 2.45) is 11.1 Å². The molecule has 1 aromatic rings. The quantitative estimate of drug-likeness (QED) is 0.922. The van der Waals surface area contributed by atoms with Crippen LogP contribution in [0.2, 0.25) is 0 Å². The Labute approximate surface area is 105 Å². The van der Waals surface area contributed by atoms with Crippen LogP contribution in [0.4, 0.5) is 0 Å². The molecule has 1 aromatic carbocycles. The van der Waals surface area contributed by atoms with Crippen molar-refractivity contribution in [3.05, 3.63) is 28.2 Å². The topological polar surface area (TPSA) is 35.2 Å². The molecule has 3 heteroatoms. The molecule has 2 nitrogen and oxygen atoms in total. The molecule has 0 radical (unpaired) electrons. The second kappa shape index (κ2) is 4.76. The van der Waals surface area contributed by atoms with E-state index < -0.39 is 0 Å². The molecule has 88 valence electrons. The number of methoxy groups -OCH3 is 1. The van der Waals surface area contributed by atoms with Crippen molar-refractivity contribution in [2.75, 3.05) is 13.7 Å². The van der Waals surface area contributed by atoms with Gasteiger partial charge in [0.25, 0.3) is 0 Å². The minimum atomic E-state index is 0.342. The van der Waals surface area contributed by atoms with Gasteiger partial charge < -0.3 is 10.5 Å². The third kappa shape index (κ3) is 2.25. The Morgan fingerprint density at radius 2 is 2.19 bits per heavy atom. The lowest BCUT2D eigenvalue weighted by atomic mass is 9.65. The van der Waals surface area contributed by atoms with E-state index in [9.17, 15) is 0 Å². The largest absolute Gasteiger partial charge is 0.497 e. The first-order valence-corrected chi connectivity index (χ1v) is 6.51. The number of hydrogen-bond donors (Lipinski definition) is 1. The molecule has 2 rings (SSSR count). The number of hydrogen-bond acceptors (Lipinski definition) is 2. The van der Waals surface area contributed by atoms with Crippen molar-refractivity contribution < 1.29 is 4.74 Å². The van der Waals surface area contributed by atoms with Crippen LogP contribution in [0, 0.1) is 5.41 Å². The van der Waals surface area contributed by atoms with Crippen LogP contribution in [0.3, 0.4) is 0 Å². The molecular weight excluding hydrogens is 266 g/mol. The second-order valence-electron chi connectivity index (χ2n) is 4.69. The third-order valence-electron chi connectivity index (χ3n) is 3.67. The molecule has 1 aliphatic rings. The second-order valence-corrected chi connectivity index (χ2v) is 5.55. The van der Waals surface area contributed by atoms with Gasteiger partial charge >= 0.3 is 0 Å². The maximum Gasteiger partial charge on any atom is 0.119 e. The highest BCUT2D eigenvalue weighted by Crippen LogP contribution is 2.44. The average Bonchev–Trinajstić information content (AvgIpc) is 2.26. The van der Waals surface area contributed by atoms with E-state index in [0.29, 0.717) is 5.41 Å². The lowest BCUT2D eigenvalue weighted by Crippen LogP contribution is -2.39. The van der Waals surface area contributed by atoms with Crippen LogP contribution in [-0.2, 0) is 6.42 Å². The lowest BCUT2D eigenvalue weighted by Gasteiger charge is -2.41. The Hall–Kier alpha value is -0.540. The van der Waals surface area contributed by atoms with Gasteiger partial charge in [0.2, 0.25) is 0 Å². The van der Waals surface area contributed by atoms with Gasteiger partial charge in [-0.05, 0) is 55.0 Å². The first kappa shape index (κ1) is 11.9. The van der Waals surface area contributed by atoms with E-state index in [1.165, 1.54) is 24.8 Å². The highest BCUT2D eigenvalue weighted by Gasteiger charge is 2.35. The van der Waals surface area contributed by atoms with Crippen LogP contribution >= 0.6 is 15.9 Å². The van der Waals surface area contributed by atoms with Crippen molar-refractivity contribution in [3.8, 4) is 5.75 Å². The highest BCUT2D eigenvalue weighted by atomic mass is 79.9. The molecule has 1 aliphatic carbocycles. The molecule has 0 saturated heterocycles. The SMILES string of the molecule is COc1ccc(Br)c(CC2(CN)CCC2)c1. The molecular formula is C13H18BrNO. The van der Waals surface area contributed by atoms with Gasteiger partial charge in [0.05, 0.1) is 7.11 Å². The monoisotopic (exact) mass is 283 g/mol. The van der Waals surface area contributed by atoms with Gasteiger partial charge in [-0.2, -0.15) is 0 Å². The van der Waals surface area contributed by atoms with E-state index in [-0.39, 0.29) is 0 Å². The molecule has 0 spiro atoms. The summed E-state index contributed by atoms with van der Waals surface area (Å²) in [5.74, 6) is 0.921. The number of halogens is 1. The van der Waals surface area contributed by atoms with E-state index in [1.807, 2.05) is 6.07 Å². The van der Waals surface area contributed by atoms with E-state index in [0.717, 1.165) is 23.2 Å². The van der Waals surface area contributed by atoms with E-state index in [1.54, 1.807) is 7.11 Å². The molecule has 0 aliphatic heterocycles. The van der Waals surface area contributed by atoms with Crippen LogP contribution in [0.5, 0.6) is 5.75 Å². The highest BCUT2D eigenvalue weighted by molar-refractivity contribution is 9.10. The Bertz CT molecular complexity index is 369. The predicted molar refractivity (Wildman–Crippen MR) is 69.7 cm³/mol. The Balaban J connectivity index is 2.19. The predicted octanol–water partition coefficient (Wildman–Crippen LogP) is 3.13. The number of ether oxygens (including phenoxy) is 1. The Kier molecular flexibility index (Phi) is 3.55. The fourth-order valence-corrected chi connectivity index (χ4v) is 2.73. The lowest BCUT2D eigenvalue weighted by molar-refractivity contribution is 0.144. The average molecular weight is 284 g/mol. The Morgan fingerprint density at radius 3 is 2.69 bits per heavy atom. The maximum absolute atomic E-state index is 5.89. The zero-order chi connectivity index (χ0) is 11.6. The van der Waals surface area contributed by atoms with Gasteiger partial charge in [0.1, 0.15) is 5.75 Å². The summed E-state index contributed by atoms with van der Waals surface area (Å²) in [6.45, 7) is 0.788. The molecule has 0 heterocycles. The molecule has 0 aromatic heterocycles. The van der Waals surface area contributed by atoms with Crippen molar-refractivity contribution >= 4 is 15.9 Å². The fourth-order valence-electron chi connectivity index (χ4n) is 2.35. The van der Waals surface area contributed by atoms with Crippen molar-refractivity contribution in [1.82, 2.24) is 0 Å². The maximum atomic E-state index is 5.89. The van der Waals surface area contributed by atoms with E-state index in [2.05, 4.69) is 28.1 Å². The van der Waals surface area contributed by atoms with Crippen molar-refractivity contribution in [2.45, 2.75) is 25.7 Å². The first-order valence-electron chi connectivity index (χ1n) is 5.72. The molecule has 2 N–H and O–H groups in total. The molecule has 1 fully saturated rings. The molecule has 0 bridgehead atoms. The summed E-state index contributed by atoms with van der Waals surface area (Å²) in [6.07, 6.45) is 4.89. The van der Waals surface area contributed by atoms with Crippen molar-refractivity contribution in [3.63, 3.8) is 0 Å². The van der Waals surface area contributed by atoms with Gasteiger partial charge in [-0.3, -0.25) is 0 Å². The third-order valence-corrected chi connectivity index (χ3v) is 4.44. The standard InChI is InChI=1S/C13H18BrNO/c1-16-11-3-4-12(14)10(7-11)8-13(9-15)5-2-6-13/h3-4,7H,2,5-6,8-9,15H2,1H3. The van der Waals surface area contributed by atoms with Crippen LogP contribution in [0.1, 0.15) is 24.8 Å². The summed E-state index contributed by atoms with van der Waals surface area (Å²) in [5.41, 5.74) is 7.54. The normalized spacial score (nSPS) is 17.9. The smallest absolute Gasteiger partial charge is 0.119 e.